The fourth-order valence-electron chi connectivity index (χ4n) is 2.70. The monoisotopic (exact) mass is 360 g/mol. The van der Waals surface area contributed by atoms with Gasteiger partial charge in [-0.15, -0.1) is 5.06 Å². The standard InChI is InChI=1S/C19H24N2O5/c1-4-10-20(5-2)15-7-6-14(16(22)12-15)11-13(3)19(25)26-21-17(23)8-9-18(21)24/h6-7,11-12,22H,4-5,8-10H2,1-3H3/b13-11+. The first kappa shape index (κ1) is 19.5. The minimum absolute atomic E-state index is 0.0394. The molecule has 0 bridgehead atoms. The summed E-state index contributed by atoms with van der Waals surface area (Å²) in [5.41, 5.74) is 1.52. The zero-order valence-electron chi connectivity index (χ0n) is 15.3. The number of rotatable bonds is 7. The highest BCUT2D eigenvalue weighted by Gasteiger charge is 2.33. The summed E-state index contributed by atoms with van der Waals surface area (Å²) in [5, 5.41) is 10.8. The number of aromatic hydroxyl groups is 1. The number of benzene rings is 1. The van der Waals surface area contributed by atoms with Crippen LogP contribution in [0.1, 0.15) is 45.6 Å². The van der Waals surface area contributed by atoms with Crippen molar-refractivity contribution in [2.45, 2.75) is 40.0 Å². The molecule has 1 saturated heterocycles. The lowest BCUT2D eigenvalue weighted by atomic mass is 10.1. The molecule has 1 fully saturated rings. The summed E-state index contributed by atoms with van der Waals surface area (Å²) >= 11 is 0. The summed E-state index contributed by atoms with van der Waals surface area (Å²) in [6.45, 7) is 7.34. The molecule has 7 heteroatoms. The Morgan fingerprint density at radius 2 is 1.92 bits per heavy atom. The molecule has 0 aromatic heterocycles. The van der Waals surface area contributed by atoms with E-state index < -0.39 is 17.8 Å². The average Bonchev–Trinajstić information content (AvgIpc) is 2.93. The molecular weight excluding hydrogens is 336 g/mol. The van der Waals surface area contributed by atoms with Gasteiger partial charge in [-0.2, -0.15) is 0 Å². The van der Waals surface area contributed by atoms with Crippen molar-refractivity contribution in [3.63, 3.8) is 0 Å². The largest absolute Gasteiger partial charge is 0.507 e. The van der Waals surface area contributed by atoms with Crippen LogP contribution in [-0.4, -0.2) is 41.0 Å². The SMILES string of the molecule is CCCN(CC)c1ccc(/C=C(\C)C(=O)ON2C(=O)CCC2=O)c(O)c1. The van der Waals surface area contributed by atoms with Crippen molar-refractivity contribution in [3.05, 3.63) is 29.3 Å². The predicted molar refractivity (Wildman–Crippen MR) is 97.1 cm³/mol. The number of carbonyl (C=O) groups excluding carboxylic acids is 3. The van der Waals surface area contributed by atoms with E-state index in [4.69, 9.17) is 4.84 Å². The Balaban J connectivity index is 2.13. The molecule has 1 aromatic carbocycles. The summed E-state index contributed by atoms with van der Waals surface area (Å²) in [4.78, 5) is 42.1. The predicted octanol–water partition coefficient (Wildman–Crippen LogP) is 2.64. The summed E-state index contributed by atoms with van der Waals surface area (Å²) in [7, 11) is 0. The van der Waals surface area contributed by atoms with Gasteiger partial charge in [-0.1, -0.05) is 6.92 Å². The van der Waals surface area contributed by atoms with Crippen LogP contribution in [0.5, 0.6) is 5.75 Å². The number of nitrogens with zero attached hydrogens (tertiary/aromatic N) is 2. The Morgan fingerprint density at radius 1 is 1.27 bits per heavy atom. The van der Waals surface area contributed by atoms with Crippen LogP contribution in [-0.2, 0) is 19.2 Å². The highest BCUT2D eigenvalue weighted by Crippen LogP contribution is 2.27. The second-order valence-corrected chi connectivity index (χ2v) is 6.11. The van der Waals surface area contributed by atoms with E-state index in [9.17, 15) is 19.5 Å². The van der Waals surface area contributed by atoms with Gasteiger partial charge in [0.1, 0.15) is 5.75 Å². The first-order chi connectivity index (χ1) is 12.4. The Bertz CT molecular complexity index is 725. The number of imide groups is 1. The van der Waals surface area contributed by atoms with Crippen molar-refractivity contribution in [1.29, 1.82) is 0 Å². The van der Waals surface area contributed by atoms with Crippen molar-refractivity contribution in [2.75, 3.05) is 18.0 Å². The van der Waals surface area contributed by atoms with Crippen LogP contribution >= 0.6 is 0 Å². The molecule has 0 unspecified atom stereocenters. The van der Waals surface area contributed by atoms with E-state index in [0.29, 0.717) is 10.6 Å². The average molecular weight is 360 g/mol. The number of carbonyl (C=O) groups is 3. The van der Waals surface area contributed by atoms with Gasteiger partial charge in [-0.3, -0.25) is 9.59 Å². The minimum atomic E-state index is -0.807. The molecule has 0 saturated carbocycles. The number of phenols is 1. The molecule has 140 valence electrons. The Morgan fingerprint density at radius 3 is 2.46 bits per heavy atom. The van der Waals surface area contributed by atoms with E-state index in [2.05, 4.69) is 11.8 Å². The smallest absolute Gasteiger partial charge is 0.359 e. The minimum Gasteiger partial charge on any atom is -0.507 e. The van der Waals surface area contributed by atoms with Crippen molar-refractivity contribution < 1.29 is 24.3 Å². The lowest BCUT2D eigenvalue weighted by Crippen LogP contribution is -2.32. The summed E-state index contributed by atoms with van der Waals surface area (Å²) in [6, 6.07) is 5.24. The van der Waals surface area contributed by atoms with E-state index in [-0.39, 0.29) is 24.2 Å². The third-order valence-electron chi connectivity index (χ3n) is 4.13. The fraction of sp³-hybridized carbons (Fsp3) is 0.421. The summed E-state index contributed by atoms with van der Waals surface area (Å²) < 4.78 is 0. The van der Waals surface area contributed by atoms with Gasteiger partial charge >= 0.3 is 5.97 Å². The van der Waals surface area contributed by atoms with Gasteiger partial charge in [0.05, 0.1) is 0 Å². The fourth-order valence-corrected chi connectivity index (χ4v) is 2.70. The Labute approximate surface area is 152 Å². The second kappa shape index (κ2) is 8.51. The third kappa shape index (κ3) is 4.41. The van der Waals surface area contributed by atoms with Crippen LogP contribution in [0.25, 0.3) is 6.08 Å². The number of hydrogen-bond acceptors (Lipinski definition) is 6. The second-order valence-electron chi connectivity index (χ2n) is 6.11. The topological polar surface area (TPSA) is 87.2 Å². The van der Waals surface area contributed by atoms with Gasteiger partial charge in [0.25, 0.3) is 11.8 Å². The van der Waals surface area contributed by atoms with Crippen LogP contribution in [0.3, 0.4) is 0 Å². The van der Waals surface area contributed by atoms with Gasteiger partial charge in [0.15, 0.2) is 0 Å². The van der Waals surface area contributed by atoms with E-state index in [1.807, 2.05) is 13.0 Å². The molecule has 1 aromatic rings. The van der Waals surface area contributed by atoms with E-state index >= 15 is 0 Å². The lowest BCUT2D eigenvalue weighted by Gasteiger charge is -2.22. The van der Waals surface area contributed by atoms with Crippen LogP contribution in [0, 0.1) is 0 Å². The molecule has 7 nitrogen and oxygen atoms in total. The van der Waals surface area contributed by atoms with Gasteiger partial charge in [-0.05, 0) is 38.5 Å². The Hall–Kier alpha value is -2.83. The maximum atomic E-state index is 12.1. The molecule has 1 heterocycles. The van der Waals surface area contributed by atoms with Crippen LogP contribution in [0.15, 0.2) is 23.8 Å². The van der Waals surface area contributed by atoms with Gasteiger partial charge in [-0.25, -0.2) is 4.79 Å². The molecule has 1 aliphatic rings. The summed E-state index contributed by atoms with van der Waals surface area (Å²) in [5.74, 6) is -1.83. The maximum absolute atomic E-state index is 12.1. The van der Waals surface area contributed by atoms with E-state index in [1.165, 1.54) is 13.0 Å². The van der Waals surface area contributed by atoms with Gasteiger partial charge in [0, 0.05) is 48.8 Å². The molecule has 0 radical (unpaired) electrons. The van der Waals surface area contributed by atoms with Crippen LogP contribution < -0.4 is 4.90 Å². The molecule has 0 spiro atoms. The van der Waals surface area contributed by atoms with E-state index in [0.717, 1.165) is 25.2 Å². The molecule has 26 heavy (non-hydrogen) atoms. The van der Waals surface area contributed by atoms with Crippen molar-refractivity contribution in [3.8, 4) is 5.75 Å². The number of amides is 2. The van der Waals surface area contributed by atoms with E-state index in [1.54, 1.807) is 12.1 Å². The molecule has 2 rings (SSSR count). The highest BCUT2D eigenvalue weighted by atomic mass is 16.7. The van der Waals surface area contributed by atoms with Crippen molar-refractivity contribution in [2.24, 2.45) is 0 Å². The molecule has 0 aliphatic carbocycles. The zero-order valence-corrected chi connectivity index (χ0v) is 15.3. The molecule has 1 aliphatic heterocycles. The molecule has 0 atom stereocenters. The van der Waals surface area contributed by atoms with Gasteiger partial charge in [0.2, 0.25) is 0 Å². The van der Waals surface area contributed by atoms with Gasteiger partial charge < -0.3 is 14.8 Å². The highest BCUT2D eigenvalue weighted by molar-refractivity contribution is 6.03. The van der Waals surface area contributed by atoms with Crippen LogP contribution in [0.2, 0.25) is 0 Å². The lowest BCUT2D eigenvalue weighted by molar-refractivity contribution is -0.194. The molecule has 2 amide bonds. The Kier molecular flexibility index (Phi) is 6.38. The number of phenolic OH excluding ortho intramolecular Hbond substituents is 1. The quantitative estimate of drug-likeness (QED) is 0.594. The van der Waals surface area contributed by atoms with Crippen LogP contribution in [0.4, 0.5) is 5.69 Å². The zero-order chi connectivity index (χ0) is 19.3. The molecular formula is C19H24N2O5. The first-order valence-electron chi connectivity index (χ1n) is 8.71. The number of anilines is 1. The maximum Gasteiger partial charge on any atom is 0.359 e. The van der Waals surface area contributed by atoms with Crippen molar-refractivity contribution >= 4 is 29.5 Å². The van der Waals surface area contributed by atoms with Crippen molar-refractivity contribution in [1.82, 2.24) is 5.06 Å². The number of hydroxylamine groups is 2. The molecule has 1 N–H and O–H groups in total. The first-order valence-corrected chi connectivity index (χ1v) is 8.71. The number of hydrogen-bond donors (Lipinski definition) is 1. The summed E-state index contributed by atoms with van der Waals surface area (Å²) in [6.07, 6.45) is 2.54. The third-order valence-corrected chi connectivity index (χ3v) is 4.13. The normalized spacial score (nSPS) is 14.7.